The first kappa shape index (κ1) is 9.52. The average Bonchev–Trinajstić information content (AvgIpc) is 1.87. The highest BCUT2D eigenvalue weighted by atomic mass is 19.1. The van der Waals surface area contributed by atoms with Gasteiger partial charge in [0.05, 0.1) is 6.04 Å². The number of hydrogen-bond donors (Lipinski definition) is 2. The fraction of sp³-hybridized carbons (Fsp3) is 0.833. The summed E-state index contributed by atoms with van der Waals surface area (Å²) in [6, 6.07) is -1.21. The number of rotatable bonds is 4. The topological polar surface area (TPSA) is 69.1 Å². The van der Waals surface area contributed by atoms with Crippen LogP contribution in [0.5, 0.6) is 0 Å². The third-order valence-electron chi connectivity index (χ3n) is 1.17. The first-order chi connectivity index (χ1) is 4.57. The number of alkyl halides is 1. The Labute approximate surface area is 59.6 Å². The molecule has 0 fully saturated rings. The molecule has 4 heteroatoms. The van der Waals surface area contributed by atoms with E-state index in [1.807, 2.05) is 0 Å². The van der Waals surface area contributed by atoms with Gasteiger partial charge in [0.25, 0.3) is 0 Å². The molecule has 4 N–H and O–H groups in total. The minimum atomic E-state index is -0.682. The van der Waals surface area contributed by atoms with Gasteiger partial charge in [0.1, 0.15) is 6.67 Å². The van der Waals surface area contributed by atoms with Crippen LogP contribution in [0.4, 0.5) is 4.39 Å². The molecule has 0 aliphatic heterocycles. The standard InChI is InChI=1S/C6H13FN2O/c1-4(8)6(10)2-5(9)3-7/h4-5H,2-3,8-9H2,1H3. The van der Waals surface area contributed by atoms with Crippen molar-refractivity contribution in [1.82, 2.24) is 0 Å². The van der Waals surface area contributed by atoms with Crippen LogP contribution in [0.2, 0.25) is 0 Å². The van der Waals surface area contributed by atoms with E-state index in [1.54, 1.807) is 6.92 Å². The van der Waals surface area contributed by atoms with Gasteiger partial charge in [0.15, 0.2) is 5.78 Å². The summed E-state index contributed by atoms with van der Waals surface area (Å²) >= 11 is 0. The lowest BCUT2D eigenvalue weighted by Crippen LogP contribution is -2.34. The normalized spacial score (nSPS) is 16.4. The van der Waals surface area contributed by atoms with Crippen molar-refractivity contribution >= 4 is 5.78 Å². The summed E-state index contributed by atoms with van der Waals surface area (Å²) in [7, 11) is 0. The van der Waals surface area contributed by atoms with Crippen molar-refractivity contribution in [1.29, 1.82) is 0 Å². The molecule has 0 spiro atoms. The highest BCUT2D eigenvalue weighted by molar-refractivity contribution is 5.83. The van der Waals surface area contributed by atoms with E-state index in [-0.39, 0.29) is 12.2 Å². The Morgan fingerprint density at radius 1 is 1.60 bits per heavy atom. The number of halogens is 1. The molecule has 10 heavy (non-hydrogen) atoms. The first-order valence-corrected chi connectivity index (χ1v) is 3.17. The van der Waals surface area contributed by atoms with E-state index in [1.165, 1.54) is 0 Å². The second-order valence-corrected chi connectivity index (χ2v) is 2.37. The lowest BCUT2D eigenvalue weighted by atomic mass is 10.1. The molecule has 0 rings (SSSR count). The Kier molecular flexibility index (Phi) is 4.14. The van der Waals surface area contributed by atoms with Crippen molar-refractivity contribution in [3.8, 4) is 0 Å². The SMILES string of the molecule is CC(N)C(=O)CC(N)CF. The smallest absolute Gasteiger partial charge is 0.150 e. The van der Waals surface area contributed by atoms with E-state index in [4.69, 9.17) is 11.5 Å². The van der Waals surface area contributed by atoms with Crippen LogP contribution >= 0.6 is 0 Å². The van der Waals surface area contributed by atoms with Crippen molar-refractivity contribution in [3.63, 3.8) is 0 Å². The number of carbonyl (C=O) groups is 1. The van der Waals surface area contributed by atoms with E-state index < -0.39 is 18.8 Å². The van der Waals surface area contributed by atoms with Crippen molar-refractivity contribution < 1.29 is 9.18 Å². The van der Waals surface area contributed by atoms with Crippen LogP contribution in [0, 0.1) is 0 Å². The number of nitrogens with two attached hydrogens (primary N) is 2. The van der Waals surface area contributed by atoms with Crippen LogP contribution in [0.15, 0.2) is 0 Å². The van der Waals surface area contributed by atoms with Crippen LogP contribution in [0.25, 0.3) is 0 Å². The van der Waals surface area contributed by atoms with Gasteiger partial charge >= 0.3 is 0 Å². The second kappa shape index (κ2) is 4.35. The Bertz CT molecular complexity index is 116. The maximum absolute atomic E-state index is 11.7. The van der Waals surface area contributed by atoms with Crippen molar-refractivity contribution in [2.75, 3.05) is 6.67 Å². The van der Waals surface area contributed by atoms with Gasteiger partial charge in [0, 0.05) is 12.5 Å². The summed E-state index contributed by atoms with van der Waals surface area (Å²) in [5.74, 6) is -0.190. The summed E-state index contributed by atoms with van der Waals surface area (Å²) in [6.45, 7) is 0.895. The molecule has 0 aromatic carbocycles. The molecular weight excluding hydrogens is 135 g/mol. The molecule has 2 atom stereocenters. The molecule has 0 saturated carbocycles. The summed E-state index contributed by atoms with van der Waals surface area (Å²) in [5, 5.41) is 0. The molecule has 0 radical (unpaired) electrons. The zero-order valence-electron chi connectivity index (χ0n) is 6.01. The van der Waals surface area contributed by atoms with Gasteiger partial charge in [-0.2, -0.15) is 0 Å². The van der Waals surface area contributed by atoms with Gasteiger partial charge in [-0.15, -0.1) is 0 Å². The lowest BCUT2D eigenvalue weighted by Gasteiger charge is -2.07. The molecule has 0 aromatic rings. The number of hydrogen-bond acceptors (Lipinski definition) is 3. The van der Waals surface area contributed by atoms with Gasteiger partial charge in [-0.05, 0) is 6.92 Å². The molecule has 0 aliphatic rings. The molecule has 0 amide bonds. The maximum Gasteiger partial charge on any atom is 0.150 e. The van der Waals surface area contributed by atoms with Crippen molar-refractivity contribution in [2.45, 2.75) is 25.4 Å². The van der Waals surface area contributed by atoms with Crippen LogP contribution in [0.1, 0.15) is 13.3 Å². The van der Waals surface area contributed by atoms with Gasteiger partial charge in [-0.1, -0.05) is 0 Å². The quantitative estimate of drug-likeness (QED) is 0.569. The van der Waals surface area contributed by atoms with Crippen molar-refractivity contribution in [3.05, 3.63) is 0 Å². The Morgan fingerprint density at radius 3 is 2.40 bits per heavy atom. The van der Waals surface area contributed by atoms with E-state index >= 15 is 0 Å². The van der Waals surface area contributed by atoms with E-state index in [0.29, 0.717) is 0 Å². The molecule has 60 valence electrons. The van der Waals surface area contributed by atoms with Crippen molar-refractivity contribution in [2.24, 2.45) is 11.5 Å². The number of ketones is 1. The molecule has 3 nitrogen and oxygen atoms in total. The Hall–Kier alpha value is -0.480. The lowest BCUT2D eigenvalue weighted by molar-refractivity contribution is -0.120. The fourth-order valence-electron chi connectivity index (χ4n) is 0.499. The summed E-state index contributed by atoms with van der Waals surface area (Å²) in [6.07, 6.45) is 0.0359. The van der Waals surface area contributed by atoms with Gasteiger partial charge in [-0.25, -0.2) is 4.39 Å². The number of Topliss-reactive ketones (excluding diaryl/α,β-unsaturated/α-hetero) is 1. The molecule has 0 aliphatic carbocycles. The monoisotopic (exact) mass is 148 g/mol. The molecule has 0 saturated heterocycles. The second-order valence-electron chi connectivity index (χ2n) is 2.37. The zero-order chi connectivity index (χ0) is 8.15. The highest BCUT2D eigenvalue weighted by Crippen LogP contribution is 1.93. The number of carbonyl (C=O) groups excluding carboxylic acids is 1. The summed E-state index contributed by atoms with van der Waals surface area (Å²) in [5.41, 5.74) is 10.4. The van der Waals surface area contributed by atoms with Crippen LogP contribution in [-0.4, -0.2) is 24.5 Å². The average molecular weight is 148 g/mol. The molecule has 0 bridgehead atoms. The predicted molar refractivity (Wildman–Crippen MR) is 37.2 cm³/mol. The first-order valence-electron chi connectivity index (χ1n) is 3.17. The van der Waals surface area contributed by atoms with Gasteiger partial charge in [-0.3, -0.25) is 4.79 Å². The Morgan fingerprint density at radius 2 is 2.10 bits per heavy atom. The minimum Gasteiger partial charge on any atom is -0.325 e. The summed E-state index contributed by atoms with van der Waals surface area (Å²) < 4.78 is 11.7. The third kappa shape index (κ3) is 3.53. The fourth-order valence-corrected chi connectivity index (χ4v) is 0.499. The molecular formula is C6H13FN2O. The predicted octanol–water partition coefficient (Wildman–Crippen LogP) is -0.410. The van der Waals surface area contributed by atoms with Crippen LogP contribution < -0.4 is 11.5 Å². The highest BCUT2D eigenvalue weighted by Gasteiger charge is 2.12. The Balaban J connectivity index is 3.57. The molecule has 2 unspecified atom stereocenters. The van der Waals surface area contributed by atoms with E-state index in [9.17, 15) is 9.18 Å². The van der Waals surface area contributed by atoms with Crippen LogP contribution in [0.3, 0.4) is 0 Å². The van der Waals surface area contributed by atoms with Gasteiger partial charge < -0.3 is 11.5 Å². The maximum atomic E-state index is 11.7. The summed E-state index contributed by atoms with van der Waals surface area (Å²) in [4.78, 5) is 10.7. The third-order valence-corrected chi connectivity index (χ3v) is 1.17. The van der Waals surface area contributed by atoms with Crippen LogP contribution in [-0.2, 0) is 4.79 Å². The molecule has 0 heterocycles. The van der Waals surface area contributed by atoms with Gasteiger partial charge in [0.2, 0.25) is 0 Å². The van der Waals surface area contributed by atoms with E-state index in [0.717, 1.165) is 0 Å². The zero-order valence-corrected chi connectivity index (χ0v) is 6.01. The molecule has 0 aromatic heterocycles. The minimum absolute atomic E-state index is 0.0359. The largest absolute Gasteiger partial charge is 0.325 e. The van der Waals surface area contributed by atoms with E-state index in [2.05, 4.69) is 0 Å².